The van der Waals surface area contributed by atoms with E-state index in [2.05, 4.69) is 77.5 Å². The zero-order chi connectivity index (χ0) is 13.2. The van der Waals surface area contributed by atoms with Gasteiger partial charge < -0.3 is 0 Å². The average molecular weight is 313 g/mol. The SMILES string of the molecule is CCCc1cc(Br)c2c(c1)C(c1ccccc1)C=C2. The van der Waals surface area contributed by atoms with Crippen LogP contribution < -0.4 is 0 Å². The molecule has 1 aliphatic rings. The third kappa shape index (κ3) is 2.40. The first-order valence-corrected chi connectivity index (χ1v) is 7.64. The summed E-state index contributed by atoms with van der Waals surface area (Å²) in [6, 6.07) is 15.4. The van der Waals surface area contributed by atoms with E-state index in [4.69, 9.17) is 0 Å². The second kappa shape index (κ2) is 5.34. The largest absolute Gasteiger partial charge is 0.0720 e. The minimum absolute atomic E-state index is 0.407. The number of rotatable bonds is 3. The molecule has 1 unspecified atom stereocenters. The Balaban J connectivity index is 2.06. The highest BCUT2D eigenvalue weighted by molar-refractivity contribution is 9.10. The second-order valence-electron chi connectivity index (χ2n) is 5.08. The predicted molar refractivity (Wildman–Crippen MR) is 85.5 cm³/mol. The van der Waals surface area contributed by atoms with E-state index in [-0.39, 0.29) is 0 Å². The molecule has 0 bridgehead atoms. The lowest BCUT2D eigenvalue weighted by molar-refractivity contribution is 0.913. The molecule has 96 valence electrons. The number of hydrogen-bond acceptors (Lipinski definition) is 0. The first-order chi connectivity index (χ1) is 9.29. The van der Waals surface area contributed by atoms with E-state index in [1.54, 1.807) is 0 Å². The van der Waals surface area contributed by atoms with Crippen LogP contribution in [-0.4, -0.2) is 0 Å². The standard InChI is InChI=1S/C18H17Br/c1-2-6-13-11-17-15(14-7-4-3-5-8-14)9-10-16(17)18(19)12-13/h3-5,7-12,15H,2,6H2,1H3. The highest BCUT2D eigenvalue weighted by Gasteiger charge is 2.21. The average Bonchev–Trinajstić information content (AvgIpc) is 2.84. The number of hydrogen-bond donors (Lipinski definition) is 0. The minimum atomic E-state index is 0.407. The van der Waals surface area contributed by atoms with Crippen LogP contribution in [0.1, 0.15) is 41.5 Å². The first kappa shape index (κ1) is 12.7. The Morgan fingerprint density at radius 3 is 2.63 bits per heavy atom. The molecular formula is C18H17Br. The van der Waals surface area contributed by atoms with E-state index in [0.29, 0.717) is 5.92 Å². The van der Waals surface area contributed by atoms with Crippen LogP contribution in [0, 0.1) is 0 Å². The summed E-state index contributed by atoms with van der Waals surface area (Å²) in [4.78, 5) is 0. The van der Waals surface area contributed by atoms with Crippen LogP contribution in [-0.2, 0) is 6.42 Å². The zero-order valence-electron chi connectivity index (χ0n) is 11.1. The lowest BCUT2D eigenvalue weighted by Crippen LogP contribution is -1.98. The third-order valence-electron chi connectivity index (χ3n) is 3.71. The molecule has 1 atom stereocenters. The summed E-state index contributed by atoms with van der Waals surface area (Å²) in [5.74, 6) is 0.407. The lowest BCUT2D eigenvalue weighted by atomic mass is 9.91. The van der Waals surface area contributed by atoms with Gasteiger partial charge in [0.2, 0.25) is 0 Å². The normalized spacial score (nSPS) is 16.6. The fraction of sp³-hybridized carbons (Fsp3) is 0.222. The maximum absolute atomic E-state index is 3.72. The quantitative estimate of drug-likeness (QED) is 0.696. The lowest BCUT2D eigenvalue weighted by Gasteiger charge is -2.14. The van der Waals surface area contributed by atoms with Crippen LogP contribution in [0.5, 0.6) is 0 Å². The summed E-state index contributed by atoms with van der Waals surface area (Å²) in [6.07, 6.45) is 6.88. The van der Waals surface area contributed by atoms with Crippen molar-refractivity contribution in [2.75, 3.05) is 0 Å². The van der Waals surface area contributed by atoms with Crippen molar-refractivity contribution in [2.45, 2.75) is 25.7 Å². The van der Waals surface area contributed by atoms with Crippen molar-refractivity contribution in [1.82, 2.24) is 0 Å². The van der Waals surface area contributed by atoms with Crippen molar-refractivity contribution in [2.24, 2.45) is 0 Å². The molecule has 0 heterocycles. The Morgan fingerprint density at radius 1 is 1.11 bits per heavy atom. The van der Waals surface area contributed by atoms with Gasteiger partial charge >= 0.3 is 0 Å². The molecule has 0 nitrogen and oxygen atoms in total. The topological polar surface area (TPSA) is 0 Å². The summed E-state index contributed by atoms with van der Waals surface area (Å²) in [6.45, 7) is 2.23. The van der Waals surface area contributed by atoms with Crippen molar-refractivity contribution in [3.63, 3.8) is 0 Å². The Kier molecular flexibility index (Phi) is 3.56. The second-order valence-corrected chi connectivity index (χ2v) is 5.93. The third-order valence-corrected chi connectivity index (χ3v) is 4.37. The Hall–Kier alpha value is -1.34. The van der Waals surface area contributed by atoms with E-state index in [0.717, 1.165) is 6.42 Å². The van der Waals surface area contributed by atoms with E-state index in [1.807, 2.05) is 0 Å². The Bertz CT molecular complexity index is 611. The number of allylic oxidation sites excluding steroid dienone is 1. The molecule has 19 heavy (non-hydrogen) atoms. The van der Waals surface area contributed by atoms with Gasteiger partial charge in [-0.2, -0.15) is 0 Å². The van der Waals surface area contributed by atoms with Crippen LogP contribution in [0.15, 0.2) is 53.0 Å². The number of fused-ring (bicyclic) bond motifs is 1. The summed E-state index contributed by atoms with van der Waals surface area (Å²) in [7, 11) is 0. The van der Waals surface area contributed by atoms with Crippen LogP contribution in [0.25, 0.3) is 6.08 Å². The molecule has 0 N–H and O–H groups in total. The monoisotopic (exact) mass is 312 g/mol. The van der Waals surface area contributed by atoms with Crippen LogP contribution in [0.3, 0.4) is 0 Å². The van der Waals surface area contributed by atoms with Gasteiger partial charge in [-0.1, -0.05) is 77.8 Å². The minimum Gasteiger partial charge on any atom is -0.0720 e. The predicted octanol–water partition coefficient (Wildman–Crippen LogP) is 5.56. The fourth-order valence-electron chi connectivity index (χ4n) is 2.81. The van der Waals surface area contributed by atoms with Gasteiger partial charge in [-0.3, -0.25) is 0 Å². The molecule has 2 aromatic rings. The van der Waals surface area contributed by atoms with E-state index >= 15 is 0 Å². The van der Waals surface area contributed by atoms with Crippen LogP contribution in [0.2, 0.25) is 0 Å². The highest BCUT2D eigenvalue weighted by Crippen LogP contribution is 2.39. The van der Waals surface area contributed by atoms with Crippen molar-refractivity contribution in [3.8, 4) is 0 Å². The smallest absolute Gasteiger partial charge is 0.0279 e. The number of aryl methyl sites for hydroxylation is 1. The van der Waals surface area contributed by atoms with Gasteiger partial charge in [0, 0.05) is 10.4 Å². The van der Waals surface area contributed by atoms with Gasteiger partial charge in [0.15, 0.2) is 0 Å². The summed E-state index contributed by atoms with van der Waals surface area (Å²) in [5.41, 5.74) is 5.58. The number of benzene rings is 2. The first-order valence-electron chi connectivity index (χ1n) is 6.85. The Labute approximate surface area is 123 Å². The molecule has 1 heteroatoms. The van der Waals surface area contributed by atoms with Crippen LogP contribution in [0.4, 0.5) is 0 Å². The Morgan fingerprint density at radius 2 is 1.89 bits per heavy atom. The van der Waals surface area contributed by atoms with E-state index in [9.17, 15) is 0 Å². The van der Waals surface area contributed by atoms with Gasteiger partial charge in [-0.25, -0.2) is 0 Å². The molecule has 0 radical (unpaired) electrons. The van der Waals surface area contributed by atoms with Crippen molar-refractivity contribution < 1.29 is 0 Å². The van der Waals surface area contributed by atoms with Gasteiger partial charge in [-0.15, -0.1) is 0 Å². The molecule has 0 spiro atoms. The molecule has 0 aromatic heterocycles. The molecule has 0 fully saturated rings. The molecular weight excluding hydrogens is 296 g/mol. The van der Waals surface area contributed by atoms with Crippen molar-refractivity contribution in [3.05, 3.63) is 75.3 Å². The molecule has 1 aliphatic carbocycles. The molecule has 0 saturated carbocycles. The van der Waals surface area contributed by atoms with Gasteiger partial charge in [-0.05, 0) is 34.7 Å². The number of halogens is 1. The van der Waals surface area contributed by atoms with Gasteiger partial charge in [0.05, 0.1) is 0 Å². The molecule has 0 amide bonds. The molecule has 3 rings (SSSR count). The van der Waals surface area contributed by atoms with E-state index < -0.39 is 0 Å². The summed E-state index contributed by atoms with van der Waals surface area (Å²) >= 11 is 3.72. The zero-order valence-corrected chi connectivity index (χ0v) is 12.7. The maximum atomic E-state index is 3.72. The summed E-state index contributed by atoms with van der Waals surface area (Å²) < 4.78 is 1.23. The van der Waals surface area contributed by atoms with Crippen molar-refractivity contribution >= 4 is 22.0 Å². The van der Waals surface area contributed by atoms with Gasteiger partial charge in [0.1, 0.15) is 0 Å². The fourth-order valence-corrected chi connectivity index (χ4v) is 3.47. The van der Waals surface area contributed by atoms with Gasteiger partial charge in [0.25, 0.3) is 0 Å². The van der Waals surface area contributed by atoms with Crippen molar-refractivity contribution in [1.29, 1.82) is 0 Å². The van der Waals surface area contributed by atoms with E-state index in [1.165, 1.54) is 33.1 Å². The molecule has 2 aromatic carbocycles. The highest BCUT2D eigenvalue weighted by atomic mass is 79.9. The van der Waals surface area contributed by atoms with Crippen LogP contribution >= 0.6 is 15.9 Å². The molecule has 0 saturated heterocycles. The maximum Gasteiger partial charge on any atom is 0.0279 e. The summed E-state index contributed by atoms with van der Waals surface area (Å²) in [5, 5.41) is 0. The molecule has 0 aliphatic heterocycles.